The molecule has 0 saturated carbocycles. The third-order valence-electron chi connectivity index (χ3n) is 1.89. The van der Waals surface area contributed by atoms with Crippen molar-refractivity contribution in [2.75, 3.05) is 13.7 Å². The van der Waals surface area contributed by atoms with Gasteiger partial charge in [-0.3, -0.25) is 0 Å². The first kappa shape index (κ1) is 26.7. The van der Waals surface area contributed by atoms with Crippen molar-refractivity contribution in [1.82, 2.24) is 5.32 Å². The van der Waals surface area contributed by atoms with Crippen LogP contribution in [0.2, 0.25) is 0 Å². The Labute approximate surface area is 132 Å². The summed E-state index contributed by atoms with van der Waals surface area (Å²) < 4.78 is 77.6. The Kier molecular flexibility index (Phi) is 13.2. The summed E-state index contributed by atoms with van der Waals surface area (Å²) in [4.78, 5) is 11.0. The zero-order valence-electron chi connectivity index (χ0n) is 14.0. The number of hydrogen-bond acceptors (Lipinski definition) is 3. The maximum absolute atomic E-state index is 12.1. The fraction of sp³-hybridized carbons (Fsp3) is 0.923. The van der Waals surface area contributed by atoms with E-state index >= 15 is 0 Å². The number of aliphatic hydroxyl groups is 1. The van der Waals surface area contributed by atoms with E-state index in [-0.39, 0.29) is 0 Å². The molecule has 23 heavy (non-hydrogen) atoms. The third-order valence-corrected chi connectivity index (χ3v) is 1.89. The zero-order chi connectivity index (χ0) is 19.5. The highest BCUT2D eigenvalue weighted by Gasteiger charge is 2.55. The van der Waals surface area contributed by atoms with Gasteiger partial charge in [0.05, 0.1) is 0 Å². The molecule has 0 aromatic rings. The van der Waals surface area contributed by atoms with Crippen LogP contribution in [-0.4, -0.2) is 42.8 Å². The molecule has 2 N–H and O–H groups in total. The molecule has 0 unspecified atom stereocenters. The Hall–Kier alpha value is -1.19. The fourth-order valence-corrected chi connectivity index (χ4v) is 1.15. The van der Waals surface area contributed by atoms with E-state index in [1.54, 1.807) is 0 Å². The van der Waals surface area contributed by atoms with E-state index < -0.39 is 42.9 Å². The molecule has 0 rings (SSSR count). The summed E-state index contributed by atoms with van der Waals surface area (Å²) in [6.45, 7) is 7.76. The van der Waals surface area contributed by atoms with Crippen molar-refractivity contribution in [1.29, 1.82) is 0 Å². The molecule has 142 valence electrons. The molecule has 0 aliphatic carbocycles. The largest absolute Gasteiger partial charge is 0.444 e. The van der Waals surface area contributed by atoms with Crippen molar-refractivity contribution in [2.45, 2.75) is 59.0 Å². The molecule has 0 heterocycles. The smallest absolute Gasteiger partial charge is 0.407 e. The monoisotopic (exact) mass is 357 g/mol. The van der Waals surface area contributed by atoms with Gasteiger partial charge < -0.3 is 15.2 Å². The number of aliphatic hydroxyl groups excluding tert-OH is 1. The topological polar surface area (TPSA) is 58.6 Å². The molecule has 0 aliphatic rings. The molecule has 10 heteroatoms. The molecule has 0 aliphatic heterocycles. The van der Waals surface area contributed by atoms with Crippen LogP contribution in [0.15, 0.2) is 0 Å². The normalized spacial score (nSPS) is 11.7. The highest BCUT2D eigenvalue weighted by Crippen LogP contribution is 2.40. The van der Waals surface area contributed by atoms with Crippen LogP contribution in [0.5, 0.6) is 0 Å². The predicted molar refractivity (Wildman–Crippen MR) is 73.9 cm³/mol. The molecule has 0 aromatic carbocycles. The van der Waals surface area contributed by atoms with E-state index in [1.807, 2.05) is 19.2 Å². The predicted octanol–water partition coefficient (Wildman–Crippen LogP) is 4.28. The highest BCUT2D eigenvalue weighted by molar-refractivity contribution is 5.67. The summed E-state index contributed by atoms with van der Waals surface area (Å²) in [6, 6.07) is 0. The molecule has 0 aromatic heterocycles. The number of amides is 1. The molecule has 0 fully saturated rings. The summed E-state index contributed by atoms with van der Waals surface area (Å²) in [6.07, 6.45) is -13.1. The number of alkyl halides is 6. The van der Waals surface area contributed by atoms with E-state index in [0.29, 0.717) is 0 Å². The summed E-state index contributed by atoms with van der Waals surface area (Å²) in [5.74, 6) is -3.46. The first-order valence-electron chi connectivity index (χ1n) is 6.78. The lowest BCUT2D eigenvalue weighted by atomic mass is 10.0. The first-order chi connectivity index (χ1) is 10.2. The number of alkyl carbamates (subject to hydrolysis) is 1. The van der Waals surface area contributed by atoms with Crippen LogP contribution in [0.4, 0.5) is 31.1 Å². The summed E-state index contributed by atoms with van der Waals surface area (Å²) in [5.41, 5.74) is -0.877. The Morgan fingerprint density at radius 2 is 1.35 bits per heavy atom. The van der Waals surface area contributed by atoms with Crippen molar-refractivity contribution >= 4 is 6.09 Å². The van der Waals surface area contributed by atoms with Gasteiger partial charge in [0.2, 0.25) is 0 Å². The standard InChI is InChI=1S/C10H15F6NO2.C2H6.CH4O/c1-8(2,3)19-7(18)17-5-4-6(9(11,12)13)10(14,15)16;2*1-2/h6H,4-5H2,1-3H3,(H,17,18);1-2H3;2H,1H3. The van der Waals surface area contributed by atoms with Crippen molar-refractivity contribution < 1.29 is 41.0 Å². The first-order valence-corrected chi connectivity index (χ1v) is 6.78. The van der Waals surface area contributed by atoms with E-state index in [2.05, 4.69) is 4.74 Å². The Morgan fingerprint density at radius 1 is 1.00 bits per heavy atom. The van der Waals surface area contributed by atoms with Crippen molar-refractivity contribution in [3.05, 3.63) is 0 Å². The lowest BCUT2D eigenvalue weighted by molar-refractivity contribution is -0.285. The van der Waals surface area contributed by atoms with Gasteiger partial charge in [0.1, 0.15) is 5.60 Å². The van der Waals surface area contributed by atoms with E-state index in [0.717, 1.165) is 7.11 Å². The van der Waals surface area contributed by atoms with Gasteiger partial charge in [0, 0.05) is 13.7 Å². The van der Waals surface area contributed by atoms with Crippen LogP contribution in [0.1, 0.15) is 41.0 Å². The molecular weight excluding hydrogens is 332 g/mol. The van der Waals surface area contributed by atoms with Gasteiger partial charge in [-0.05, 0) is 27.2 Å². The third kappa shape index (κ3) is 15.5. The molecule has 0 spiro atoms. The second-order valence-corrected chi connectivity index (χ2v) is 4.85. The molecule has 0 bridgehead atoms. The lowest BCUT2D eigenvalue weighted by Gasteiger charge is -2.23. The van der Waals surface area contributed by atoms with Crippen LogP contribution >= 0.6 is 0 Å². The number of carbonyl (C=O) groups is 1. The minimum absolute atomic E-state index is 0.779. The highest BCUT2D eigenvalue weighted by atomic mass is 19.4. The van der Waals surface area contributed by atoms with Crippen molar-refractivity contribution in [3.8, 4) is 0 Å². The number of rotatable bonds is 3. The fourth-order valence-electron chi connectivity index (χ4n) is 1.15. The molecule has 0 atom stereocenters. The summed E-state index contributed by atoms with van der Waals surface area (Å²) in [7, 11) is 1.00. The van der Waals surface area contributed by atoms with Crippen molar-refractivity contribution in [3.63, 3.8) is 0 Å². The maximum Gasteiger partial charge on any atom is 0.407 e. The Morgan fingerprint density at radius 3 is 1.61 bits per heavy atom. The van der Waals surface area contributed by atoms with Gasteiger partial charge in [-0.15, -0.1) is 0 Å². The van der Waals surface area contributed by atoms with Crippen LogP contribution < -0.4 is 5.32 Å². The van der Waals surface area contributed by atoms with Crippen LogP contribution in [-0.2, 0) is 4.74 Å². The van der Waals surface area contributed by atoms with Crippen molar-refractivity contribution in [2.24, 2.45) is 5.92 Å². The van der Waals surface area contributed by atoms with Gasteiger partial charge in [-0.2, -0.15) is 26.3 Å². The number of carbonyl (C=O) groups excluding carboxylic acids is 1. The van der Waals surface area contributed by atoms with Gasteiger partial charge in [-0.1, -0.05) is 13.8 Å². The average Bonchev–Trinajstić information content (AvgIpc) is 2.34. The molecule has 1 amide bonds. The Bertz CT molecular complexity index is 296. The number of hydrogen-bond donors (Lipinski definition) is 2. The molecule has 0 saturated heterocycles. The number of halogens is 6. The lowest BCUT2D eigenvalue weighted by Crippen LogP contribution is -2.40. The van der Waals surface area contributed by atoms with Crippen LogP contribution in [0.25, 0.3) is 0 Å². The van der Waals surface area contributed by atoms with E-state index in [1.165, 1.54) is 20.8 Å². The SMILES string of the molecule is CC.CC(C)(C)OC(=O)NCCC(C(F)(F)F)C(F)(F)F.CO. The quantitative estimate of drug-likeness (QED) is 0.742. The average molecular weight is 357 g/mol. The van der Waals surface area contributed by atoms with Gasteiger partial charge in [0.25, 0.3) is 0 Å². The minimum Gasteiger partial charge on any atom is -0.444 e. The van der Waals surface area contributed by atoms with Crippen LogP contribution in [0.3, 0.4) is 0 Å². The summed E-state index contributed by atoms with van der Waals surface area (Å²) in [5, 5.41) is 8.85. The summed E-state index contributed by atoms with van der Waals surface area (Å²) >= 11 is 0. The molecular formula is C13H25F6NO3. The molecule has 4 nitrogen and oxygen atoms in total. The second-order valence-electron chi connectivity index (χ2n) is 4.85. The van der Waals surface area contributed by atoms with Gasteiger partial charge in [-0.25, -0.2) is 4.79 Å². The van der Waals surface area contributed by atoms with Gasteiger partial charge >= 0.3 is 18.4 Å². The number of nitrogens with one attached hydrogen (secondary N) is 1. The zero-order valence-corrected chi connectivity index (χ0v) is 14.0. The van der Waals surface area contributed by atoms with E-state index in [9.17, 15) is 31.1 Å². The maximum atomic E-state index is 12.1. The van der Waals surface area contributed by atoms with Crippen LogP contribution in [0, 0.1) is 5.92 Å². The number of ether oxygens (including phenoxy) is 1. The van der Waals surface area contributed by atoms with Gasteiger partial charge in [0.15, 0.2) is 5.92 Å². The minimum atomic E-state index is -5.39. The van der Waals surface area contributed by atoms with E-state index in [4.69, 9.17) is 5.11 Å². The Balaban J connectivity index is -0.000000919. The second kappa shape index (κ2) is 11.4. The molecule has 0 radical (unpaired) electrons.